The summed E-state index contributed by atoms with van der Waals surface area (Å²) in [5.74, 6) is 0.979. The molecule has 0 spiro atoms. The van der Waals surface area contributed by atoms with Crippen molar-refractivity contribution in [1.82, 2.24) is 9.88 Å². The van der Waals surface area contributed by atoms with Crippen LogP contribution in [0.1, 0.15) is 27.3 Å². The van der Waals surface area contributed by atoms with Gasteiger partial charge in [-0.3, -0.25) is 4.79 Å². The Morgan fingerprint density at radius 1 is 1.04 bits per heavy atom. The molecule has 27 heavy (non-hydrogen) atoms. The number of carbonyl (C=O) groups is 1. The van der Waals surface area contributed by atoms with E-state index in [0.717, 1.165) is 41.4 Å². The second-order valence-corrected chi connectivity index (χ2v) is 6.66. The minimum absolute atomic E-state index is 0.121. The summed E-state index contributed by atoms with van der Waals surface area (Å²) in [7, 11) is 1.67. The van der Waals surface area contributed by atoms with Gasteiger partial charge in [0.2, 0.25) is 0 Å². The molecule has 0 aliphatic rings. The third-order valence-electron chi connectivity index (χ3n) is 4.76. The van der Waals surface area contributed by atoms with Gasteiger partial charge in [-0.15, -0.1) is 0 Å². The molecule has 0 radical (unpaired) electrons. The first-order valence-corrected chi connectivity index (χ1v) is 9.21. The molecule has 4 heteroatoms. The molecule has 0 atom stereocenters. The lowest BCUT2D eigenvalue weighted by molar-refractivity contribution is 0.0991. The predicted octanol–water partition coefficient (Wildman–Crippen LogP) is 4.12. The average Bonchev–Trinajstić information content (AvgIpc) is 3.00. The number of ether oxygens (including phenoxy) is 1. The lowest BCUT2D eigenvalue weighted by Crippen LogP contribution is -2.25. The Morgan fingerprint density at radius 2 is 1.81 bits per heavy atom. The number of carbonyl (C=O) groups excluding carboxylic acids is 1. The molecule has 0 aliphatic carbocycles. The SMILES string of the molecule is COc1cccc(CCNCC(=O)c2cc(C)n(-c3ccccc3)c2C)c1. The smallest absolute Gasteiger partial charge is 0.178 e. The van der Waals surface area contributed by atoms with E-state index in [0.29, 0.717) is 6.54 Å². The summed E-state index contributed by atoms with van der Waals surface area (Å²) in [5.41, 5.74) is 5.11. The molecular weight excluding hydrogens is 336 g/mol. The number of ketones is 1. The molecule has 0 aliphatic heterocycles. The third-order valence-corrected chi connectivity index (χ3v) is 4.76. The minimum atomic E-state index is 0.121. The van der Waals surface area contributed by atoms with Gasteiger partial charge in [0, 0.05) is 22.6 Å². The Labute approximate surface area is 160 Å². The Bertz CT molecular complexity index is 913. The highest BCUT2D eigenvalue weighted by Crippen LogP contribution is 2.21. The first-order valence-electron chi connectivity index (χ1n) is 9.21. The van der Waals surface area contributed by atoms with Crippen molar-refractivity contribution in [3.05, 3.63) is 83.2 Å². The summed E-state index contributed by atoms with van der Waals surface area (Å²) >= 11 is 0. The van der Waals surface area contributed by atoms with E-state index in [1.165, 1.54) is 5.56 Å². The van der Waals surface area contributed by atoms with Gasteiger partial charge < -0.3 is 14.6 Å². The van der Waals surface area contributed by atoms with Crippen LogP contribution >= 0.6 is 0 Å². The van der Waals surface area contributed by atoms with Crippen molar-refractivity contribution >= 4 is 5.78 Å². The molecule has 0 saturated heterocycles. The second kappa shape index (κ2) is 8.69. The van der Waals surface area contributed by atoms with Crippen LogP contribution in [0.4, 0.5) is 0 Å². The van der Waals surface area contributed by atoms with Crippen molar-refractivity contribution < 1.29 is 9.53 Å². The Kier molecular flexibility index (Phi) is 6.09. The van der Waals surface area contributed by atoms with E-state index < -0.39 is 0 Å². The zero-order valence-electron chi connectivity index (χ0n) is 16.2. The lowest BCUT2D eigenvalue weighted by atomic mass is 10.1. The number of benzene rings is 2. The van der Waals surface area contributed by atoms with Crippen LogP contribution in [0.3, 0.4) is 0 Å². The van der Waals surface area contributed by atoms with Gasteiger partial charge in [0.1, 0.15) is 5.75 Å². The van der Waals surface area contributed by atoms with Crippen molar-refractivity contribution in [3.63, 3.8) is 0 Å². The monoisotopic (exact) mass is 362 g/mol. The van der Waals surface area contributed by atoms with E-state index in [2.05, 4.69) is 28.1 Å². The molecular formula is C23H26N2O2. The molecule has 2 aromatic carbocycles. The summed E-state index contributed by atoms with van der Waals surface area (Å²) in [6, 6.07) is 20.1. The van der Waals surface area contributed by atoms with E-state index in [-0.39, 0.29) is 5.78 Å². The summed E-state index contributed by atoms with van der Waals surface area (Å²) < 4.78 is 7.37. The highest BCUT2D eigenvalue weighted by atomic mass is 16.5. The fraction of sp³-hybridized carbons (Fsp3) is 0.261. The molecule has 4 nitrogen and oxygen atoms in total. The quantitative estimate of drug-likeness (QED) is 0.484. The fourth-order valence-electron chi connectivity index (χ4n) is 3.38. The lowest BCUT2D eigenvalue weighted by Gasteiger charge is -2.10. The standard InChI is InChI=1S/C23H26N2O2/c1-17-14-22(18(2)25(17)20-9-5-4-6-10-20)23(26)16-24-13-12-19-8-7-11-21(15-19)27-3/h4-11,14-15,24H,12-13,16H2,1-3H3. The van der Waals surface area contributed by atoms with Gasteiger partial charge >= 0.3 is 0 Å². The molecule has 3 aromatic rings. The maximum Gasteiger partial charge on any atom is 0.178 e. The highest BCUT2D eigenvalue weighted by Gasteiger charge is 2.16. The topological polar surface area (TPSA) is 43.3 Å². The second-order valence-electron chi connectivity index (χ2n) is 6.66. The van der Waals surface area contributed by atoms with Crippen LogP contribution in [-0.2, 0) is 6.42 Å². The molecule has 1 heterocycles. The Balaban J connectivity index is 1.60. The molecule has 3 rings (SSSR count). The van der Waals surface area contributed by atoms with Gasteiger partial charge in [-0.1, -0.05) is 30.3 Å². The number of Topliss-reactive ketones (excluding diaryl/α,β-unsaturated/α-hetero) is 1. The molecule has 0 unspecified atom stereocenters. The van der Waals surface area contributed by atoms with Crippen LogP contribution in [0.15, 0.2) is 60.7 Å². The van der Waals surface area contributed by atoms with Gasteiger partial charge in [-0.2, -0.15) is 0 Å². The van der Waals surface area contributed by atoms with Crippen molar-refractivity contribution in [2.75, 3.05) is 20.2 Å². The number of aromatic nitrogens is 1. The number of aryl methyl sites for hydroxylation is 1. The number of hydrogen-bond donors (Lipinski definition) is 1. The van der Waals surface area contributed by atoms with Crippen LogP contribution in [-0.4, -0.2) is 30.5 Å². The van der Waals surface area contributed by atoms with Crippen LogP contribution in [0.2, 0.25) is 0 Å². The molecule has 0 saturated carbocycles. The zero-order valence-corrected chi connectivity index (χ0v) is 16.2. The Hall–Kier alpha value is -2.85. The molecule has 1 aromatic heterocycles. The van der Waals surface area contributed by atoms with E-state index in [1.54, 1.807) is 7.11 Å². The average molecular weight is 362 g/mol. The molecule has 0 bridgehead atoms. The first kappa shape index (κ1) is 18.9. The van der Waals surface area contributed by atoms with Crippen molar-refractivity contribution in [3.8, 4) is 11.4 Å². The molecule has 0 fully saturated rings. The van der Waals surface area contributed by atoms with Gasteiger partial charge in [0.15, 0.2) is 5.78 Å². The largest absolute Gasteiger partial charge is 0.497 e. The number of para-hydroxylation sites is 1. The maximum atomic E-state index is 12.7. The van der Waals surface area contributed by atoms with Gasteiger partial charge in [0.05, 0.1) is 13.7 Å². The summed E-state index contributed by atoms with van der Waals surface area (Å²) in [5, 5.41) is 3.27. The Morgan fingerprint density at radius 3 is 2.56 bits per heavy atom. The van der Waals surface area contributed by atoms with E-state index >= 15 is 0 Å². The predicted molar refractivity (Wildman–Crippen MR) is 109 cm³/mol. The van der Waals surface area contributed by atoms with Crippen LogP contribution in [0.25, 0.3) is 5.69 Å². The molecule has 140 valence electrons. The third kappa shape index (κ3) is 4.47. The number of methoxy groups -OCH3 is 1. The van der Waals surface area contributed by atoms with Crippen LogP contribution < -0.4 is 10.1 Å². The van der Waals surface area contributed by atoms with Gasteiger partial charge in [0.25, 0.3) is 0 Å². The van der Waals surface area contributed by atoms with Crippen molar-refractivity contribution in [1.29, 1.82) is 0 Å². The number of hydrogen-bond acceptors (Lipinski definition) is 3. The molecule has 1 N–H and O–H groups in total. The number of rotatable bonds is 8. The number of nitrogens with zero attached hydrogens (tertiary/aromatic N) is 1. The van der Waals surface area contributed by atoms with Crippen molar-refractivity contribution in [2.45, 2.75) is 20.3 Å². The van der Waals surface area contributed by atoms with E-state index in [9.17, 15) is 4.79 Å². The van der Waals surface area contributed by atoms with Crippen LogP contribution in [0, 0.1) is 13.8 Å². The van der Waals surface area contributed by atoms with Crippen molar-refractivity contribution in [2.24, 2.45) is 0 Å². The highest BCUT2D eigenvalue weighted by molar-refractivity contribution is 5.99. The van der Waals surface area contributed by atoms with Crippen LogP contribution in [0.5, 0.6) is 5.75 Å². The summed E-state index contributed by atoms with van der Waals surface area (Å²) in [6.45, 7) is 5.12. The van der Waals surface area contributed by atoms with Gasteiger partial charge in [-0.25, -0.2) is 0 Å². The maximum absolute atomic E-state index is 12.7. The fourth-order valence-corrected chi connectivity index (χ4v) is 3.38. The zero-order chi connectivity index (χ0) is 19.2. The first-order chi connectivity index (χ1) is 13.1. The molecule has 0 amide bonds. The van der Waals surface area contributed by atoms with E-state index in [4.69, 9.17) is 4.74 Å². The normalized spacial score (nSPS) is 10.8. The number of nitrogens with one attached hydrogen (secondary N) is 1. The van der Waals surface area contributed by atoms with E-state index in [1.807, 2.05) is 56.3 Å². The summed E-state index contributed by atoms with van der Waals surface area (Å²) in [4.78, 5) is 12.7. The summed E-state index contributed by atoms with van der Waals surface area (Å²) in [6.07, 6.45) is 0.855. The minimum Gasteiger partial charge on any atom is -0.497 e. The van der Waals surface area contributed by atoms with Gasteiger partial charge in [-0.05, 0) is 62.7 Å².